The highest BCUT2D eigenvalue weighted by molar-refractivity contribution is 5.72. The summed E-state index contributed by atoms with van der Waals surface area (Å²) in [7, 11) is 5.22. The highest BCUT2D eigenvalue weighted by atomic mass is 16.4. The number of aliphatic hydroxyl groups is 1. The second-order valence-electron chi connectivity index (χ2n) is 3.64. The molecule has 0 aromatic rings. The van der Waals surface area contributed by atoms with E-state index in [2.05, 4.69) is 0 Å². The van der Waals surface area contributed by atoms with Crippen LogP contribution in [0.25, 0.3) is 0 Å². The third kappa shape index (κ3) is 2.86. The first-order chi connectivity index (χ1) is 4.76. The number of aliphatic hydroxyl groups excluding tert-OH is 1. The van der Waals surface area contributed by atoms with Gasteiger partial charge in [0.1, 0.15) is 6.10 Å². The molecule has 0 saturated heterocycles. The summed E-state index contributed by atoms with van der Waals surface area (Å²) in [5.41, 5.74) is 0. The minimum Gasteiger partial charge on any atom is -0.477 e. The largest absolute Gasteiger partial charge is 0.477 e. The number of rotatable bonds is 3. The van der Waals surface area contributed by atoms with Crippen LogP contribution in [-0.4, -0.2) is 54.0 Å². The molecule has 2 atom stereocenters. The summed E-state index contributed by atoms with van der Waals surface area (Å²) < 4.78 is 0.229. The number of carbonyl (C=O) groups is 1. The molecule has 0 rings (SSSR count). The van der Waals surface area contributed by atoms with Crippen molar-refractivity contribution in [3.8, 4) is 0 Å². The zero-order valence-corrected chi connectivity index (χ0v) is 7.40. The van der Waals surface area contributed by atoms with E-state index < -0.39 is 18.1 Å². The first-order valence-corrected chi connectivity index (χ1v) is 3.49. The lowest BCUT2D eigenvalue weighted by Gasteiger charge is -2.32. The fourth-order valence-corrected chi connectivity index (χ4v) is 1.18. The van der Waals surface area contributed by atoms with Crippen molar-refractivity contribution in [2.75, 3.05) is 21.1 Å². The average molecular weight is 162 g/mol. The molecule has 4 nitrogen and oxygen atoms in total. The maximum atomic E-state index is 10.6. The van der Waals surface area contributed by atoms with Crippen LogP contribution < -0.4 is 0 Å². The van der Waals surface area contributed by atoms with E-state index >= 15 is 0 Å². The molecule has 0 aliphatic heterocycles. The van der Waals surface area contributed by atoms with Crippen molar-refractivity contribution in [3.05, 3.63) is 0 Å². The van der Waals surface area contributed by atoms with Crippen LogP contribution in [0.4, 0.5) is 0 Å². The van der Waals surface area contributed by atoms with Gasteiger partial charge < -0.3 is 14.7 Å². The molecule has 0 spiro atoms. The molecule has 4 heteroatoms. The third-order valence-corrected chi connectivity index (χ3v) is 1.54. The van der Waals surface area contributed by atoms with Crippen LogP contribution in [0.2, 0.25) is 0 Å². The third-order valence-electron chi connectivity index (χ3n) is 1.54. The molecule has 0 aliphatic rings. The summed E-state index contributed by atoms with van der Waals surface area (Å²) in [5, 5.41) is 17.8. The van der Waals surface area contributed by atoms with E-state index in [1.165, 1.54) is 6.92 Å². The van der Waals surface area contributed by atoms with Crippen molar-refractivity contribution in [3.63, 3.8) is 0 Å². The van der Waals surface area contributed by atoms with Gasteiger partial charge in [0.15, 0.2) is 0 Å². The lowest BCUT2D eigenvalue weighted by Crippen LogP contribution is -2.55. The van der Waals surface area contributed by atoms with Crippen LogP contribution in [0.3, 0.4) is 0 Å². The van der Waals surface area contributed by atoms with Gasteiger partial charge in [0.25, 0.3) is 0 Å². The number of hydrogen-bond acceptors (Lipinski definition) is 2. The highest BCUT2D eigenvalue weighted by Gasteiger charge is 2.35. The number of nitrogens with zero attached hydrogens (tertiary/aromatic N) is 1. The normalized spacial score (nSPS) is 17.5. The summed E-state index contributed by atoms with van der Waals surface area (Å²) >= 11 is 0. The van der Waals surface area contributed by atoms with Gasteiger partial charge in [0.2, 0.25) is 6.04 Å². The van der Waals surface area contributed by atoms with Gasteiger partial charge in [-0.15, -0.1) is 0 Å². The Morgan fingerprint density at radius 2 is 1.73 bits per heavy atom. The Labute approximate surface area is 66.6 Å². The van der Waals surface area contributed by atoms with E-state index in [4.69, 9.17) is 10.2 Å². The molecule has 0 aromatic carbocycles. The molecule has 0 radical (unpaired) electrons. The van der Waals surface area contributed by atoms with E-state index in [0.29, 0.717) is 0 Å². The van der Waals surface area contributed by atoms with Crippen LogP contribution in [0.15, 0.2) is 0 Å². The predicted molar refractivity (Wildman–Crippen MR) is 41.1 cm³/mol. The second kappa shape index (κ2) is 3.19. The molecule has 2 N–H and O–H groups in total. The quantitative estimate of drug-likeness (QED) is 0.551. The van der Waals surface area contributed by atoms with Gasteiger partial charge in [-0.05, 0) is 6.92 Å². The molecule has 66 valence electrons. The van der Waals surface area contributed by atoms with E-state index in [-0.39, 0.29) is 4.48 Å². The highest BCUT2D eigenvalue weighted by Crippen LogP contribution is 2.07. The number of aliphatic carboxylic acids is 1. The van der Waals surface area contributed by atoms with Gasteiger partial charge >= 0.3 is 5.97 Å². The summed E-state index contributed by atoms with van der Waals surface area (Å²) in [6.45, 7) is 1.49. The fraction of sp³-hybridized carbons (Fsp3) is 0.857. The van der Waals surface area contributed by atoms with Crippen molar-refractivity contribution in [1.82, 2.24) is 0 Å². The smallest absolute Gasteiger partial charge is 0.365 e. The Balaban J connectivity index is 4.49. The summed E-state index contributed by atoms with van der Waals surface area (Å²) in [6, 6.07) is -0.755. The zero-order chi connectivity index (χ0) is 9.23. The Morgan fingerprint density at radius 1 is 1.36 bits per heavy atom. The number of quaternary nitrogens is 1. The predicted octanol–water partition coefficient (Wildman–Crippen LogP) is -0.473. The maximum Gasteiger partial charge on any atom is 0.365 e. The minimum atomic E-state index is -0.965. The average Bonchev–Trinajstić information content (AvgIpc) is 1.54. The van der Waals surface area contributed by atoms with Crippen molar-refractivity contribution < 1.29 is 19.5 Å². The fourth-order valence-electron chi connectivity index (χ4n) is 1.18. The zero-order valence-electron chi connectivity index (χ0n) is 7.40. The summed E-state index contributed by atoms with van der Waals surface area (Å²) in [5.74, 6) is -0.965. The Kier molecular flexibility index (Phi) is 3.02. The topological polar surface area (TPSA) is 57.5 Å². The van der Waals surface area contributed by atoms with Gasteiger partial charge in [-0.25, -0.2) is 4.79 Å². The molecule has 0 aliphatic carbocycles. The summed E-state index contributed by atoms with van der Waals surface area (Å²) in [6.07, 6.45) is -0.826. The van der Waals surface area contributed by atoms with E-state index in [9.17, 15) is 4.79 Å². The van der Waals surface area contributed by atoms with Crippen molar-refractivity contribution >= 4 is 5.97 Å². The number of carboxylic acid groups (broad SMARTS) is 1. The lowest BCUT2D eigenvalue weighted by atomic mass is 10.1. The number of hydrogen-bond donors (Lipinski definition) is 2. The van der Waals surface area contributed by atoms with Gasteiger partial charge in [-0.1, -0.05) is 0 Å². The van der Waals surface area contributed by atoms with Gasteiger partial charge in [0.05, 0.1) is 21.1 Å². The monoisotopic (exact) mass is 162 g/mol. The minimum absolute atomic E-state index is 0.229. The first-order valence-electron chi connectivity index (χ1n) is 3.49. The second-order valence-corrected chi connectivity index (χ2v) is 3.64. The molecular weight excluding hydrogens is 146 g/mol. The van der Waals surface area contributed by atoms with Gasteiger partial charge in [-0.2, -0.15) is 0 Å². The number of likely N-dealkylation sites (N-methyl/N-ethyl adjacent to an activating group) is 1. The first kappa shape index (κ1) is 10.4. The Bertz CT molecular complexity index is 148. The van der Waals surface area contributed by atoms with E-state index in [0.717, 1.165) is 0 Å². The van der Waals surface area contributed by atoms with Crippen LogP contribution in [0.5, 0.6) is 0 Å². The van der Waals surface area contributed by atoms with Crippen LogP contribution in [0.1, 0.15) is 6.92 Å². The van der Waals surface area contributed by atoms with Crippen molar-refractivity contribution in [2.45, 2.75) is 19.1 Å². The molecule has 11 heavy (non-hydrogen) atoms. The van der Waals surface area contributed by atoms with Crippen LogP contribution >= 0.6 is 0 Å². The molecule has 0 heterocycles. The standard InChI is InChI=1S/C7H15NO3/c1-5(9)6(7(10)11)8(2,3)4/h5-6,9H,1-4H3/p+1. The summed E-state index contributed by atoms with van der Waals surface area (Å²) in [4.78, 5) is 10.6. The molecule has 2 unspecified atom stereocenters. The molecular formula is C7H16NO3+. The van der Waals surface area contributed by atoms with E-state index in [1.807, 2.05) is 0 Å². The van der Waals surface area contributed by atoms with E-state index in [1.54, 1.807) is 21.1 Å². The molecule has 0 amide bonds. The van der Waals surface area contributed by atoms with Crippen molar-refractivity contribution in [2.24, 2.45) is 0 Å². The molecule has 0 bridgehead atoms. The molecule has 0 fully saturated rings. The molecule has 0 saturated carbocycles. The van der Waals surface area contributed by atoms with Gasteiger partial charge in [-0.3, -0.25) is 0 Å². The number of carboxylic acids is 1. The molecule has 0 aromatic heterocycles. The van der Waals surface area contributed by atoms with Crippen LogP contribution in [-0.2, 0) is 4.79 Å². The maximum absolute atomic E-state index is 10.6. The van der Waals surface area contributed by atoms with Crippen LogP contribution in [0, 0.1) is 0 Å². The SMILES string of the molecule is CC(O)C(C(=O)O)[N+](C)(C)C. The van der Waals surface area contributed by atoms with Crippen molar-refractivity contribution in [1.29, 1.82) is 0 Å². The lowest BCUT2D eigenvalue weighted by molar-refractivity contribution is -0.890. The Hall–Kier alpha value is -0.610. The Morgan fingerprint density at radius 3 is 1.73 bits per heavy atom. The van der Waals surface area contributed by atoms with Gasteiger partial charge in [0, 0.05) is 0 Å².